The molecule has 2 atom stereocenters. The Labute approximate surface area is 206 Å². The van der Waals surface area contributed by atoms with E-state index in [-0.39, 0.29) is 19.0 Å². The number of esters is 1. The first kappa shape index (κ1) is 23.2. The van der Waals surface area contributed by atoms with Crippen LogP contribution in [0, 0.1) is 0 Å². The summed E-state index contributed by atoms with van der Waals surface area (Å²) in [5.74, 6) is -1.56. The van der Waals surface area contributed by atoms with Crippen molar-refractivity contribution in [3.63, 3.8) is 0 Å². The summed E-state index contributed by atoms with van der Waals surface area (Å²) in [6.45, 7) is -0.331. The van der Waals surface area contributed by atoms with Gasteiger partial charge in [0.2, 0.25) is 0 Å². The van der Waals surface area contributed by atoms with Crippen molar-refractivity contribution >= 4 is 28.7 Å². The van der Waals surface area contributed by atoms with Crippen LogP contribution < -0.4 is 10.1 Å². The molecule has 182 valence electrons. The van der Waals surface area contributed by atoms with E-state index < -0.39 is 24.0 Å². The quantitative estimate of drug-likeness (QED) is 0.328. The van der Waals surface area contributed by atoms with Crippen LogP contribution in [0.1, 0.15) is 33.2 Å². The highest BCUT2D eigenvalue weighted by atomic mass is 16.5. The molecule has 0 unspecified atom stereocenters. The van der Waals surface area contributed by atoms with Crippen LogP contribution in [0.15, 0.2) is 79.0 Å². The van der Waals surface area contributed by atoms with Crippen LogP contribution in [0.5, 0.6) is 5.75 Å². The summed E-state index contributed by atoms with van der Waals surface area (Å²) in [5.41, 5.74) is 4.06. The zero-order chi connectivity index (χ0) is 25.1. The summed E-state index contributed by atoms with van der Waals surface area (Å²) in [4.78, 5) is 39.6. The van der Waals surface area contributed by atoms with Crippen LogP contribution >= 0.6 is 0 Å². The molecular weight excluding hydrogens is 460 g/mol. The van der Waals surface area contributed by atoms with E-state index in [2.05, 4.69) is 10.3 Å². The van der Waals surface area contributed by atoms with E-state index in [1.54, 1.807) is 36.5 Å². The number of aromatic nitrogens is 1. The van der Waals surface area contributed by atoms with Gasteiger partial charge < -0.3 is 24.9 Å². The fourth-order valence-electron chi connectivity index (χ4n) is 4.40. The third-order valence-electron chi connectivity index (χ3n) is 6.25. The predicted octanol–water partition coefficient (Wildman–Crippen LogP) is 3.81. The molecule has 36 heavy (non-hydrogen) atoms. The van der Waals surface area contributed by atoms with Gasteiger partial charge in [0, 0.05) is 29.9 Å². The molecule has 0 bridgehead atoms. The molecular formula is C28H24N2O6. The number of ether oxygens (including phenoxy) is 2. The number of carboxylic acids is 1. The number of fused-ring (bicyclic) bond motifs is 2. The number of hydrogen-bond acceptors (Lipinski definition) is 5. The number of carboxylic acid groups (broad SMARTS) is 1. The number of nitrogens with one attached hydrogen (secondary N) is 2. The average molecular weight is 485 g/mol. The van der Waals surface area contributed by atoms with Gasteiger partial charge in [-0.2, -0.15) is 0 Å². The molecule has 1 aliphatic heterocycles. The number of amides is 1. The normalized spacial score (nSPS) is 15.6. The van der Waals surface area contributed by atoms with Gasteiger partial charge in [-0.15, -0.1) is 0 Å². The summed E-state index contributed by atoms with van der Waals surface area (Å²) in [5, 5.41) is 13.1. The third-order valence-corrected chi connectivity index (χ3v) is 6.25. The van der Waals surface area contributed by atoms with E-state index in [0.29, 0.717) is 17.7 Å². The molecule has 8 heteroatoms. The van der Waals surface area contributed by atoms with Gasteiger partial charge in [-0.3, -0.25) is 4.79 Å². The Hall–Kier alpha value is -4.59. The highest BCUT2D eigenvalue weighted by Crippen LogP contribution is 2.31. The van der Waals surface area contributed by atoms with E-state index in [1.165, 1.54) is 0 Å². The molecule has 5 rings (SSSR count). The Morgan fingerprint density at radius 1 is 1.06 bits per heavy atom. The zero-order valence-electron chi connectivity index (χ0n) is 19.3. The van der Waals surface area contributed by atoms with E-state index in [9.17, 15) is 19.5 Å². The van der Waals surface area contributed by atoms with Gasteiger partial charge >= 0.3 is 11.9 Å². The maximum Gasteiger partial charge on any atom is 0.339 e. The van der Waals surface area contributed by atoms with Crippen molar-refractivity contribution < 1.29 is 29.0 Å². The van der Waals surface area contributed by atoms with Gasteiger partial charge in [0.05, 0.1) is 5.56 Å². The average Bonchev–Trinajstić information content (AvgIpc) is 3.30. The summed E-state index contributed by atoms with van der Waals surface area (Å²) in [6.07, 6.45) is 2.08. The molecule has 4 aromatic rings. The monoisotopic (exact) mass is 484 g/mol. The number of hydrogen-bond donors (Lipinski definition) is 3. The first-order valence-corrected chi connectivity index (χ1v) is 11.6. The summed E-state index contributed by atoms with van der Waals surface area (Å²) >= 11 is 0. The van der Waals surface area contributed by atoms with Gasteiger partial charge in [-0.25, -0.2) is 9.59 Å². The number of aromatic amines is 1. The summed E-state index contributed by atoms with van der Waals surface area (Å²) in [7, 11) is 0. The Morgan fingerprint density at radius 2 is 1.81 bits per heavy atom. The van der Waals surface area contributed by atoms with Gasteiger partial charge in [-0.1, -0.05) is 48.5 Å². The number of para-hydroxylation sites is 1. The maximum absolute atomic E-state index is 12.4. The molecule has 0 radical (unpaired) electrons. The largest absolute Gasteiger partial charge is 0.484 e. The van der Waals surface area contributed by atoms with Crippen molar-refractivity contribution in [2.45, 2.75) is 25.0 Å². The lowest BCUT2D eigenvalue weighted by Crippen LogP contribution is -2.44. The predicted molar refractivity (Wildman–Crippen MR) is 132 cm³/mol. The highest BCUT2D eigenvalue weighted by molar-refractivity contribution is 5.92. The fraction of sp³-hybridized carbons (Fsp3) is 0.179. The smallest absolute Gasteiger partial charge is 0.339 e. The van der Waals surface area contributed by atoms with Crippen molar-refractivity contribution in [3.05, 3.63) is 101 Å². The van der Waals surface area contributed by atoms with Crippen LogP contribution in [0.3, 0.4) is 0 Å². The van der Waals surface area contributed by atoms with Gasteiger partial charge in [0.15, 0.2) is 6.61 Å². The molecule has 3 N–H and O–H groups in total. The lowest BCUT2D eigenvalue weighted by molar-refractivity contribution is -0.142. The topological polar surface area (TPSA) is 118 Å². The van der Waals surface area contributed by atoms with E-state index in [4.69, 9.17) is 9.47 Å². The number of rotatable bonds is 8. The van der Waals surface area contributed by atoms with Gasteiger partial charge in [0.25, 0.3) is 5.91 Å². The van der Waals surface area contributed by atoms with Crippen molar-refractivity contribution in [2.75, 3.05) is 6.61 Å². The van der Waals surface area contributed by atoms with Gasteiger partial charge in [-0.05, 0) is 41.0 Å². The lowest BCUT2D eigenvalue weighted by Gasteiger charge is -2.25. The molecule has 0 saturated carbocycles. The van der Waals surface area contributed by atoms with Crippen LogP contribution in [0.25, 0.3) is 10.9 Å². The van der Waals surface area contributed by atoms with Crippen LogP contribution in [-0.4, -0.2) is 40.6 Å². The second kappa shape index (κ2) is 9.95. The van der Waals surface area contributed by atoms with Crippen LogP contribution in [-0.2, 0) is 27.2 Å². The highest BCUT2D eigenvalue weighted by Gasteiger charge is 2.27. The maximum atomic E-state index is 12.4. The van der Waals surface area contributed by atoms with E-state index >= 15 is 0 Å². The third kappa shape index (κ3) is 4.93. The van der Waals surface area contributed by atoms with Crippen molar-refractivity contribution in [1.29, 1.82) is 0 Å². The molecule has 0 spiro atoms. The number of aliphatic carboxylic acids is 1. The Balaban J connectivity index is 1.17. The molecule has 0 aliphatic carbocycles. The molecule has 3 aromatic carbocycles. The molecule has 0 fully saturated rings. The van der Waals surface area contributed by atoms with Crippen molar-refractivity contribution in [3.8, 4) is 5.75 Å². The molecule has 1 amide bonds. The minimum atomic E-state index is -1.12. The first-order valence-electron chi connectivity index (χ1n) is 11.6. The Bertz CT molecular complexity index is 1430. The lowest BCUT2D eigenvalue weighted by atomic mass is 9.95. The number of carbonyl (C=O) groups excluding carboxylic acids is 2. The number of carbonyl (C=O) groups is 3. The van der Waals surface area contributed by atoms with Crippen LogP contribution in [0.4, 0.5) is 0 Å². The number of cyclic esters (lactones) is 1. The van der Waals surface area contributed by atoms with E-state index in [0.717, 1.165) is 27.6 Å². The second-order valence-electron chi connectivity index (χ2n) is 8.63. The SMILES string of the molecule is O=C(COc1ccc([C@H]2Cc3ccccc3C(=O)O2)cc1)N[C@@H](Cc1c[nH]c2ccccc12)C(=O)O. The molecule has 8 nitrogen and oxygen atoms in total. The fourth-order valence-corrected chi connectivity index (χ4v) is 4.40. The molecule has 2 heterocycles. The summed E-state index contributed by atoms with van der Waals surface area (Å²) in [6, 6.07) is 20.8. The molecule has 1 aromatic heterocycles. The second-order valence-corrected chi connectivity index (χ2v) is 8.63. The standard InChI is InChI=1S/C28H24N2O6/c31-26(30-24(27(32)33)13-19-15-29-23-8-4-3-6-21(19)23)16-35-20-11-9-17(10-12-20)25-14-18-5-1-2-7-22(18)28(34)36-25/h1-12,15,24-25,29H,13-14,16H2,(H,30,31)(H,32,33)/t24-,25+/m0/s1. The van der Waals surface area contributed by atoms with Crippen molar-refractivity contribution in [2.24, 2.45) is 0 Å². The molecule has 1 aliphatic rings. The Kier molecular flexibility index (Phi) is 6.40. The van der Waals surface area contributed by atoms with Crippen LogP contribution in [0.2, 0.25) is 0 Å². The summed E-state index contributed by atoms with van der Waals surface area (Å²) < 4.78 is 11.1. The molecule has 0 saturated heterocycles. The Morgan fingerprint density at radius 3 is 2.61 bits per heavy atom. The minimum Gasteiger partial charge on any atom is -0.484 e. The number of H-pyrrole nitrogens is 1. The van der Waals surface area contributed by atoms with Gasteiger partial charge in [0.1, 0.15) is 17.9 Å². The number of benzene rings is 3. The van der Waals surface area contributed by atoms with E-state index in [1.807, 2.05) is 42.5 Å². The zero-order valence-corrected chi connectivity index (χ0v) is 19.3. The minimum absolute atomic E-state index is 0.142. The van der Waals surface area contributed by atoms with Crippen molar-refractivity contribution in [1.82, 2.24) is 10.3 Å². The first-order chi connectivity index (χ1) is 17.5.